The number of amides is 2. The van der Waals surface area contributed by atoms with Gasteiger partial charge in [-0.05, 0) is 62.6 Å². The summed E-state index contributed by atoms with van der Waals surface area (Å²) >= 11 is 6.34. The van der Waals surface area contributed by atoms with E-state index >= 15 is 0 Å². The van der Waals surface area contributed by atoms with Crippen molar-refractivity contribution in [2.45, 2.75) is 63.8 Å². The van der Waals surface area contributed by atoms with Crippen LogP contribution in [-0.2, 0) is 15.0 Å². The van der Waals surface area contributed by atoms with Crippen molar-refractivity contribution in [1.29, 1.82) is 0 Å². The molecule has 0 bridgehead atoms. The second kappa shape index (κ2) is 6.51. The minimum absolute atomic E-state index is 0.0622. The van der Waals surface area contributed by atoms with Crippen LogP contribution in [0.5, 0.6) is 0 Å². The largest absolute Gasteiger partial charge is 0.351 e. The summed E-state index contributed by atoms with van der Waals surface area (Å²) in [6.45, 7) is 7.63. The molecule has 146 valence electrons. The summed E-state index contributed by atoms with van der Waals surface area (Å²) in [6.07, 6.45) is 4.20. The Morgan fingerprint density at radius 1 is 1.30 bits per heavy atom. The summed E-state index contributed by atoms with van der Waals surface area (Å²) in [5, 5.41) is 3.90. The number of carbonyl (C=O) groups excluding carboxylic acids is 2. The Bertz CT molecular complexity index is 787. The fraction of sp³-hybridized carbons (Fsp3) is 0.636. The number of rotatable bonds is 4. The molecule has 2 aliphatic carbocycles. The first-order valence-electron chi connectivity index (χ1n) is 10.1. The van der Waals surface area contributed by atoms with Gasteiger partial charge in [0, 0.05) is 41.4 Å². The number of nitrogens with zero attached hydrogens (tertiary/aromatic N) is 1. The van der Waals surface area contributed by atoms with Gasteiger partial charge in [-0.1, -0.05) is 30.7 Å². The highest BCUT2D eigenvalue weighted by molar-refractivity contribution is 6.31. The number of fused-ring (bicyclic) bond motifs is 1. The Morgan fingerprint density at radius 2 is 2.04 bits per heavy atom. The topological polar surface area (TPSA) is 49.4 Å². The molecule has 2 unspecified atom stereocenters. The van der Waals surface area contributed by atoms with Crippen molar-refractivity contribution in [3.63, 3.8) is 0 Å². The third-order valence-electron chi connectivity index (χ3n) is 7.06. The van der Waals surface area contributed by atoms with E-state index in [1.54, 1.807) is 0 Å². The molecule has 0 spiro atoms. The van der Waals surface area contributed by atoms with Gasteiger partial charge < -0.3 is 10.2 Å². The van der Waals surface area contributed by atoms with Crippen LogP contribution in [0.1, 0.15) is 57.1 Å². The number of carbonyl (C=O) groups is 2. The van der Waals surface area contributed by atoms with E-state index < -0.39 is 0 Å². The molecular weight excluding hydrogens is 360 g/mol. The van der Waals surface area contributed by atoms with Gasteiger partial charge in [-0.25, -0.2) is 0 Å². The fourth-order valence-electron chi connectivity index (χ4n) is 5.21. The molecule has 3 aliphatic rings. The zero-order chi connectivity index (χ0) is 19.4. The molecule has 3 fully saturated rings. The van der Waals surface area contributed by atoms with E-state index in [1.165, 1.54) is 5.56 Å². The number of aryl methyl sites for hydroxylation is 1. The Hall–Kier alpha value is -1.55. The van der Waals surface area contributed by atoms with Gasteiger partial charge in [0.25, 0.3) is 0 Å². The predicted octanol–water partition coefficient (Wildman–Crippen LogP) is 3.83. The fourth-order valence-corrected chi connectivity index (χ4v) is 5.39. The lowest BCUT2D eigenvalue weighted by Crippen LogP contribution is -2.59. The molecule has 0 aromatic heterocycles. The second-order valence-corrected chi connectivity index (χ2v) is 9.53. The Balaban J connectivity index is 1.34. The number of halogens is 1. The highest BCUT2D eigenvalue weighted by Crippen LogP contribution is 2.59. The maximum Gasteiger partial charge on any atom is 0.225 e. The molecule has 1 aliphatic heterocycles. The van der Waals surface area contributed by atoms with Crippen molar-refractivity contribution < 1.29 is 9.59 Å². The van der Waals surface area contributed by atoms with E-state index in [0.29, 0.717) is 12.3 Å². The van der Waals surface area contributed by atoms with Crippen LogP contribution in [0.15, 0.2) is 18.2 Å². The van der Waals surface area contributed by atoms with Gasteiger partial charge in [0.15, 0.2) is 0 Å². The van der Waals surface area contributed by atoms with Crippen LogP contribution < -0.4 is 5.32 Å². The summed E-state index contributed by atoms with van der Waals surface area (Å²) in [7, 11) is 0. The first kappa shape index (κ1) is 18.8. The number of hydrogen-bond acceptors (Lipinski definition) is 2. The number of piperidine rings is 1. The van der Waals surface area contributed by atoms with Crippen molar-refractivity contribution >= 4 is 23.4 Å². The summed E-state index contributed by atoms with van der Waals surface area (Å²) in [5.74, 6) is 0.967. The third-order valence-corrected chi connectivity index (χ3v) is 7.47. The smallest absolute Gasteiger partial charge is 0.225 e. The number of nitrogens with one attached hydrogen (secondary N) is 1. The van der Waals surface area contributed by atoms with Crippen LogP contribution in [0.3, 0.4) is 0 Å². The van der Waals surface area contributed by atoms with Crippen LogP contribution in [0.25, 0.3) is 0 Å². The normalized spacial score (nSPS) is 34.4. The van der Waals surface area contributed by atoms with Gasteiger partial charge in [0.05, 0.1) is 0 Å². The van der Waals surface area contributed by atoms with Crippen LogP contribution in [0.4, 0.5) is 0 Å². The quantitative estimate of drug-likeness (QED) is 0.852. The first-order valence-corrected chi connectivity index (χ1v) is 10.5. The lowest BCUT2D eigenvalue weighted by Gasteiger charge is -2.47. The average molecular weight is 389 g/mol. The lowest BCUT2D eigenvalue weighted by atomic mass is 9.68. The molecule has 0 radical (unpaired) electrons. The highest BCUT2D eigenvalue weighted by atomic mass is 35.5. The average Bonchev–Trinajstić information content (AvgIpc) is 3.36. The number of likely N-dealkylation sites (tertiary alicyclic amines) is 1. The molecule has 2 atom stereocenters. The molecular formula is C22H29ClN2O2. The van der Waals surface area contributed by atoms with Gasteiger partial charge in [-0.2, -0.15) is 0 Å². The molecule has 2 saturated carbocycles. The maximum absolute atomic E-state index is 12.9. The number of benzene rings is 1. The molecule has 1 N–H and O–H groups in total. The summed E-state index contributed by atoms with van der Waals surface area (Å²) in [6, 6.07) is 6.45. The molecule has 27 heavy (non-hydrogen) atoms. The third kappa shape index (κ3) is 3.26. The van der Waals surface area contributed by atoms with E-state index in [-0.39, 0.29) is 28.7 Å². The van der Waals surface area contributed by atoms with Crippen molar-refractivity contribution in [3.05, 3.63) is 34.3 Å². The van der Waals surface area contributed by atoms with Crippen LogP contribution in [0, 0.1) is 18.8 Å². The van der Waals surface area contributed by atoms with Crippen molar-refractivity contribution in [2.75, 3.05) is 13.1 Å². The van der Waals surface area contributed by atoms with E-state index in [9.17, 15) is 9.59 Å². The monoisotopic (exact) mass is 388 g/mol. The van der Waals surface area contributed by atoms with Crippen molar-refractivity contribution in [1.82, 2.24) is 10.2 Å². The molecule has 1 aromatic rings. The standard InChI is InChI=1S/C22H29ClN2O2/c1-4-19(26)24-21(3)10-15(11-21)20(27)25-8-7-22(12-17(22)13-25)16-6-5-14(2)18(23)9-16/h5-6,9,15,17H,4,7-8,10-13H2,1-3H3,(H,24,26)/t15-,17?,21+,22?. The van der Waals surface area contributed by atoms with Gasteiger partial charge >= 0.3 is 0 Å². The van der Waals surface area contributed by atoms with Crippen molar-refractivity contribution in [3.8, 4) is 0 Å². The molecule has 5 heteroatoms. The Labute approximate surface area is 166 Å². The second-order valence-electron chi connectivity index (χ2n) is 9.12. The minimum Gasteiger partial charge on any atom is -0.351 e. The van der Waals surface area contributed by atoms with Crippen LogP contribution in [-0.4, -0.2) is 35.3 Å². The van der Waals surface area contributed by atoms with Gasteiger partial charge in [0.2, 0.25) is 11.8 Å². The first-order chi connectivity index (χ1) is 12.8. The van der Waals surface area contributed by atoms with Crippen LogP contribution in [0.2, 0.25) is 5.02 Å². The highest BCUT2D eigenvalue weighted by Gasteiger charge is 2.58. The molecule has 1 heterocycles. The summed E-state index contributed by atoms with van der Waals surface area (Å²) < 4.78 is 0. The molecule has 1 aromatic carbocycles. The maximum atomic E-state index is 12.9. The Morgan fingerprint density at radius 3 is 2.67 bits per heavy atom. The molecule has 4 rings (SSSR count). The summed E-state index contributed by atoms with van der Waals surface area (Å²) in [5.41, 5.74) is 2.49. The van der Waals surface area contributed by atoms with E-state index in [0.717, 1.165) is 49.4 Å². The molecule has 4 nitrogen and oxygen atoms in total. The van der Waals surface area contributed by atoms with Crippen LogP contribution >= 0.6 is 11.6 Å². The van der Waals surface area contributed by atoms with Gasteiger partial charge in [-0.3, -0.25) is 9.59 Å². The lowest BCUT2D eigenvalue weighted by molar-refractivity contribution is -0.144. The molecule has 2 amide bonds. The zero-order valence-corrected chi connectivity index (χ0v) is 17.2. The SMILES string of the molecule is CCC(=O)N[C@]1(C)C[C@H](C(=O)N2CCC3(c4ccc(C)c(Cl)c4)CC3C2)C1. The Kier molecular flexibility index (Phi) is 4.53. The predicted molar refractivity (Wildman–Crippen MR) is 107 cm³/mol. The van der Waals surface area contributed by atoms with Gasteiger partial charge in [-0.15, -0.1) is 0 Å². The minimum atomic E-state index is -0.203. The zero-order valence-electron chi connectivity index (χ0n) is 16.5. The van der Waals surface area contributed by atoms with E-state index in [4.69, 9.17) is 11.6 Å². The van der Waals surface area contributed by atoms with Gasteiger partial charge in [0.1, 0.15) is 0 Å². The molecule has 1 saturated heterocycles. The summed E-state index contributed by atoms with van der Waals surface area (Å²) in [4.78, 5) is 26.6. The van der Waals surface area contributed by atoms with E-state index in [1.807, 2.05) is 20.8 Å². The number of hydrogen-bond donors (Lipinski definition) is 1. The van der Waals surface area contributed by atoms with E-state index in [2.05, 4.69) is 28.4 Å². The van der Waals surface area contributed by atoms with Crippen molar-refractivity contribution in [2.24, 2.45) is 11.8 Å².